The number of carbonyl (C=O) groups is 1. The molecule has 13 heteroatoms. The predicted molar refractivity (Wildman–Crippen MR) is 154 cm³/mol. The molecule has 6 atom stereocenters. The molecule has 224 valence electrons. The molecule has 2 saturated heterocycles. The third-order valence-corrected chi connectivity index (χ3v) is 12.1. The first-order valence-corrected chi connectivity index (χ1v) is 16.1. The van der Waals surface area contributed by atoms with Crippen molar-refractivity contribution in [2.24, 2.45) is 38.7 Å². The first-order valence-electron chi connectivity index (χ1n) is 14.6. The number of allylic oxidation sites excluding steroid dienone is 1. The van der Waals surface area contributed by atoms with Crippen molar-refractivity contribution in [3.05, 3.63) is 11.8 Å². The highest BCUT2D eigenvalue weighted by Gasteiger charge is 2.53. The Morgan fingerprint density at radius 1 is 1.15 bits per heavy atom. The molecule has 0 aromatic heterocycles. The van der Waals surface area contributed by atoms with Gasteiger partial charge in [0.15, 0.2) is 0 Å². The van der Waals surface area contributed by atoms with Crippen LogP contribution in [0.1, 0.15) is 39.0 Å². The van der Waals surface area contributed by atoms with Crippen molar-refractivity contribution in [3.63, 3.8) is 0 Å². The lowest BCUT2D eigenvalue weighted by atomic mass is 9.87. The molecule has 4 aliphatic heterocycles. The van der Waals surface area contributed by atoms with Gasteiger partial charge in [0, 0.05) is 44.3 Å². The number of aliphatic imine (C=N–C) groups is 2. The van der Waals surface area contributed by atoms with Crippen molar-refractivity contribution in [2.45, 2.75) is 68.7 Å². The molecule has 5 rings (SSSR count). The largest absolute Gasteiger partial charge is 0.370 e. The quantitative estimate of drug-likeness (QED) is 0.357. The average Bonchev–Trinajstić information content (AvgIpc) is 3.53. The van der Waals surface area contributed by atoms with Crippen molar-refractivity contribution < 1.29 is 17.6 Å². The zero-order valence-corrected chi connectivity index (χ0v) is 24.5. The van der Waals surface area contributed by atoms with Crippen molar-refractivity contribution in [2.75, 3.05) is 52.9 Å². The summed E-state index contributed by atoms with van der Waals surface area (Å²) in [6.45, 7) is 5.92. The fourth-order valence-electron chi connectivity index (χ4n) is 6.93. The smallest absolute Gasteiger partial charge is 0.228 e. The second-order valence-corrected chi connectivity index (χ2v) is 14.8. The third kappa shape index (κ3) is 6.28. The standard InChI is InChI=1S/C27H45FN8O3S/c1-27-14-18(27)13-21(32-16-19(28)15-27)24(25(29)30)26(37)33-22-17-31-6-3-23(22)35-9-11-36(12-10-35)40(38,39)20-4-7-34(2)8-5-20/h3,6,16,18-22,24-25H,4-5,7-15,17,29-30H2,1-2H3,(H,33,37)/b32-16-. The van der Waals surface area contributed by atoms with E-state index in [9.17, 15) is 17.6 Å². The number of nitrogens with one attached hydrogen (secondary N) is 1. The molecule has 5 N–H and O–H groups in total. The maximum atomic E-state index is 14.5. The molecule has 0 spiro atoms. The van der Waals surface area contributed by atoms with Gasteiger partial charge in [-0.15, -0.1) is 0 Å². The van der Waals surface area contributed by atoms with E-state index >= 15 is 0 Å². The van der Waals surface area contributed by atoms with Gasteiger partial charge in [-0.25, -0.2) is 12.8 Å². The molecule has 0 bridgehead atoms. The number of likely N-dealkylation sites (tertiary alicyclic amines) is 1. The number of piperidine rings is 1. The molecule has 0 radical (unpaired) electrons. The summed E-state index contributed by atoms with van der Waals surface area (Å²) in [6.07, 6.45) is 6.20. The van der Waals surface area contributed by atoms with Crippen LogP contribution in [0.5, 0.6) is 0 Å². The minimum atomic E-state index is -3.35. The van der Waals surface area contributed by atoms with E-state index in [1.54, 1.807) is 10.5 Å². The molecule has 3 fully saturated rings. The third-order valence-electron chi connectivity index (χ3n) is 9.66. The number of halogens is 1. The van der Waals surface area contributed by atoms with Crippen LogP contribution < -0.4 is 16.8 Å². The highest BCUT2D eigenvalue weighted by molar-refractivity contribution is 7.89. The van der Waals surface area contributed by atoms with Gasteiger partial charge in [-0.05, 0) is 69.7 Å². The molecular weight excluding hydrogens is 535 g/mol. The Labute approximate surface area is 237 Å². The zero-order chi connectivity index (χ0) is 28.7. The molecule has 6 unspecified atom stereocenters. The number of hydrogen-bond donors (Lipinski definition) is 3. The lowest BCUT2D eigenvalue weighted by molar-refractivity contribution is -0.127. The fraction of sp³-hybridized carbons (Fsp3) is 0.815. The molecule has 0 aromatic carbocycles. The summed E-state index contributed by atoms with van der Waals surface area (Å²) in [6, 6.07) is -0.883. The van der Waals surface area contributed by atoms with Crippen LogP contribution in [0.3, 0.4) is 0 Å². The van der Waals surface area contributed by atoms with Crippen LogP contribution in [0.15, 0.2) is 21.8 Å². The average molecular weight is 581 g/mol. The van der Waals surface area contributed by atoms with Crippen LogP contribution in [0.4, 0.5) is 4.39 Å². The molecule has 5 aliphatic rings. The number of nitrogens with two attached hydrogens (primary N) is 2. The number of fused-ring (bicyclic) bond motifs is 1. The van der Waals surface area contributed by atoms with E-state index < -0.39 is 40.4 Å². The van der Waals surface area contributed by atoms with E-state index in [0.717, 1.165) is 25.2 Å². The van der Waals surface area contributed by atoms with E-state index in [-0.39, 0.29) is 16.6 Å². The van der Waals surface area contributed by atoms with Gasteiger partial charge in [0.1, 0.15) is 6.17 Å². The van der Waals surface area contributed by atoms with Gasteiger partial charge in [0.25, 0.3) is 0 Å². The van der Waals surface area contributed by atoms with Gasteiger partial charge in [-0.1, -0.05) is 6.92 Å². The van der Waals surface area contributed by atoms with Gasteiger partial charge >= 0.3 is 0 Å². The molecule has 1 aliphatic carbocycles. The minimum absolute atomic E-state index is 0.0548. The summed E-state index contributed by atoms with van der Waals surface area (Å²) in [4.78, 5) is 26.7. The van der Waals surface area contributed by atoms with Crippen LogP contribution in [-0.2, 0) is 14.8 Å². The first-order chi connectivity index (χ1) is 19.0. The molecule has 4 heterocycles. The topological polar surface area (TPSA) is 150 Å². The summed E-state index contributed by atoms with van der Waals surface area (Å²) in [5.41, 5.74) is 13.1. The molecule has 0 aromatic rings. The molecule has 11 nitrogen and oxygen atoms in total. The summed E-state index contributed by atoms with van der Waals surface area (Å²) in [5.74, 6) is -0.805. The number of hydrogen-bond acceptors (Lipinski definition) is 9. The SMILES string of the molecule is CN1CCC(S(=O)(=O)N2CCN(C3=CC=NCC3NC(=O)C(C(N)N)C3CC4CC4(C)CC(F)/C=N\3)CC2)CC1. The van der Waals surface area contributed by atoms with Crippen LogP contribution >= 0.6 is 0 Å². The Morgan fingerprint density at radius 2 is 1.85 bits per heavy atom. The Hall–Kier alpha value is -1.93. The van der Waals surface area contributed by atoms with Gasteiger partial charge in [-0.3, -0.25) is 14.8 Å². The summed E-state index contributed by atoms with van der Waals surface area (Å²) < 4.78 is 42.6. The van der Waals surface area contributed by atoms with Crippen molar-refractivity contribution in [1.29, 1.82) is 0 Å². The van der Waals surface area contributed by atoms with Gasteiger partial charge < -0.3 is 26.6 Å². The lowest BCUT2D eigenvalue weighted by Gasteiger charge is -2.41. The maximum absolute atomic E-state index is 14.5. The van der Waals surface area contributed by atoms with Crippen molar-refractivity contribution in [1.82, 2.24) is 19.4 Å². The van der Waals surface area contributed by atoms with E-state index in [2.05, 4.69) is 32.0 Å². The van der Waals surface area contributed by atoms with Crippen LogP contribution in [0.25, 0.3) is 0 Å². The number of sulfonamides is 1. The zero-order valence-electron chi connectivity index (χ0n) is 23.7. The number of alkyl halides is 1. The van der Waals surface area contributed by atoms with Crippen LogP contribution in [-0.4, -0.2) is 123 Å². The fourth-order valence-corrected chi connectivity index (χ4v) is 8.83. The predicted octanol–water partition coefficient (Wildman–Crippen LogP) is -0.0617. The van der Waals surface area contributed by atoms with Gasteiger partial charge in [0.05, 0.1) is 36.0 Å². The number of carbonyl (C=O) groups excluding carboxylic acids is 1. The number of nitrogens with zero attached hydrogens (tertiary/aromatic N) is 5. The normalized spacial score (nSPS) is 35.9. The Bertz CT molecular complexity index is 1130. The van der Waals surface area contributed by atoms with Crippen LogP contribution in [0, 0.1) is 17.3 Å². The van der Waals surface area contributed by atoms with E-state index in [0.29, 0.717) is 64.3 Å². The second kappa shape index (κ2) is 11.7. The van der Waals surface area contributed by atoms with Gasteiger partial charge in [0.2, 0.25) is 15.9 Å². The number of piperazine rings is 1. The molecule has 40 heavy (non-hydrogen) atoms. The monoisotopic (exact) mass is 580 g/mol. The second-order valence-electron chi connectivity index (χ2n) is 12.6. The maximum Gasteiger partial charge on any atom is 0.228 e. The van der Waals surface area contributed by atoms with Crippen molar-refractivity contribution in [3.8, 4) is 0 Å². The first kappa shape index (κ1) is 29.6. The highest BCUT2D eigenvalue weighted by atomic mass is 32.2. The Balaban J connectivity index is 1.22. The van der Waals surface area contributed by atoms with E-state index in [4.69, 9.17) is 11.5 Å². The molecular formula is C27H45FN8O3S. The minimum Gasteiger partial charge on any atom is -0.370 e. The molecule has 1 amide bonds. The summed E-state index contributed by atoms with van der Waals surface area (Å²) >= 11 is 0. The molecule has 1 saturated carbocycles. The number of dihydropyridines is 1. The Kier molecular flexibility index (Phi) is 8.68. The summed E-state index contributed by atoms with van der Waals surface area (Å²) in [7, 11) is -1.32. The van der Waals surface area contributed by atoms with Gasteiger partial charge in [-0.2, -0.15) is 4.31 Å². The van der Waals surface area contributed by atoms with Crippen LogP contribution in [0.2, 0.25) is 0 Å². The highest BCUT2D eigenvalue weighted by Crippen LogP contribution is 2.59. The number of rotatable bonds is 7. The number of amides is 1. The van der Waals surface area contributed by atoms with Crippen molar-refractivity contribution >= 4 is 28.4 Å². The van der Waals surface area contributed by atoms with E-state index in [1.165, 1.54) is 6.21 Å². The lowest BCUT2D eigenvalue weighted by Crippen LogP contribution is -2.57. The summed E-state index contributed by atoms with van der Waals surface area (Å²) in [5, 5.41) is 2.78. The van der Waals surface area contributed by atoms with E-state index in [1.807, 2.05) is 13.1 Å². The Morgan fingerprint density at radius 3 is 2.52 bits per heavy atom.